The summed E-state index contributed by atoms with van der Waals surface area (Å²) >= 11 is 1.52. The Kier molecular flexibility index (Phi) is 3.48. The van der Waals surface area contributed by atoms with Crippen molar-refractivity contribution in [1.82, 2.24) is 5.32 Å². The minimum absolute atomic E-state index is 0.0534. The van der Waals surface area contributed by atoms with Gasteiger partial charge in [-0.15, -0.1) is 0 Å². The molecule has 1 saturated carbocycles. The molecule has 2 rings (SSSR count). The maximum atomic E-state index is 11.8. The number of carbonyl (C=O) groups is 1. The summed E-state index contributed by atoms with van der Waals surface area (Å²) in [4.78, 5) is 11.8. The molecular formula is C12H15AsNO. The van der Waals surface area contributed by atoms with Crippen LogP contribution >= 0.6 is 0 Å². The van der Waals surface area contributed by atoms with Gasteiger partial charge in [0.1, 0.15) is 0 Å². The van der Waals surface area contributed by atoms with Crippen LogP contribution in [0.25, 0.3) is 0 Å². The number of hydrogen-bond acceptors (Lipinski definition) is 1. The predicted molar refractivity (Wildman–Crippen MR) is 63.2 cm³/mol. The van der Waals surface area contributed by atoms with Gasteiger partial charge in [-0.3, -0.25) is 0 Å². The molecule has 1 atom stereocenters. The van der Waals surface area contributed by atoms with Gasteiger partial charge in [-0.25, -0.2) is 0 Å². The van der Waals surface area contributed by atoms with Crippen LogP contribution < -0.4 is 9.67 Å². The number of hydrogen-bond donors (Lipinski definition) is 1. The van der Waals surface area contributed by atoms with Crippen molar-refractivity contribution < 1.29 is 4.79 Å². The Morgan fingerprint density at radius 1 is 1.40 bits per heavy atom. The molecule has 1 amide bonds. The molecule has 1 N–H and O–H groups in total. The van der Waals surface area contributed by atoms with Gasteiger partial charge in [0.05, 0.1) is 0 Å². The van der Waals surface area contributed by atoms with E-state index in [9.17, 15) is 4.79 Å². The Bertz CT molecular complexity index is 358. The van der Waals surface area contributed by atoms with Crippen LogP contribution in [-0.4, -0.2) is 28.8 Å². The van der Waals surface area contributed by atoms with Crippen molar-refractivity contribution >= 4 is 27.1 Å². The van der Waals surface area contributed by atoms with E-state index >= 15 is 0 Å². The summed E-state index contributed by atoms with van der Waals surface area (Å²) in [6, 6.07) is 8.98. The van der Waals surface area contributed by atoms with Crippen molar-refractivity contribution in [3.63, 3.8) is 0 Å². The van der Waals surface area contributed by atoms with E-state index in [-0.39, 0.29) is 5.91 Å². The van der Waals surface area contributed by atoms with Crippen LogP contribution in [0.1, 0.15) is 36.0 Å². The Morgan fingerprint density at radius 2 is 2.13 bits per heavy atom. The average Bonchev–Trinajstić information content (AvgIpc) is 2.70. The van der Waals surface area contributed by atoms with Crippen LogP contribution in [0.4, 0.5) is 0 Å². The summed E-state index contributed by atoms with van der Waals surface area (Å²) in [5.74, 6) is 0.0534. The maximum absolute atomic E-state index is 11.8. The predicted octanol–water partition coefficient (Wildman–Crippen LogP) is 0.418. The monoisotopic (exact) mass is 264 g/mol. The topological polar surface area (TPSA) is 29.1 Å². The van der Waals surface area contributed by atoms with E-state index in [1.165, 1.54) is 29.7 Å². The van der Waals surface area contributed by atoms with E-state index in [4.69, 9.17) is 0 Å². The summed E-state index contributed by atoms with van der Waals surface area (Å²) in [7, 11) is 0. The zero-order valence-electron chi connectivity index (χ0n) is 8.62. The Morgan fingerprint density at radius 3 is 2.80 bits per heavy atom. The molecule has 1 unspecified atom stereocenters. The standard InChI is InChI=1S/C12H15AsNO/c13-10-5-3-4-9(8-10)12(15)14-11-6-1-2-7-11/h4-5,8,11H,1-2,6-7,13H2,(H,14,15). The van der Waals surface area contributed by atoms with Crippen molar-refractivity contribution in [3.05, 3.63) is 29.8 Å². The SMILES string of the molecule is O=C(NC1CCCC1)c1c[c]cc([AsH2])c1. The van der Waals surface area contributed by atoms with E-state index in [0.717, 1.165) is 22.8 Å². The molecule has 2 nitrogen and oxygen atoms in total. The second kappa shape index (κ2) is 4.85. The van der Waals surface area contributed by atoms with Gasteiger partial charge in [-0.1, -0.05) is 0 Å². The molecule has 0 spiro atoms. The number of benzene rings is 1. The van der Waals surface area contributed by atoms with Gasteiger partial charge in [0, 0.05) is 0 Å². The van der Waals surface area contributed by atoms with Gasteiger partial charge < -0.3 is 0 Å². The number of rotatable bonds is 2. The van der Waals surface area contributed by atoms with Crippen molar-refractivity contribution in [2.45, 2.75) is 31.7 Å². The van der Waals surface area contributed by atoms with Gasteiger partial charge in [-0.2, -0.15) is 0 Å². The average molecular weight is 264 g/mol. The molecule has 1 aromatic rings. The molecule has 79 valence electrons. The molecule has 0 bridgehead atoms. The third kappa shape index (κ3) is 2.85. The number of nitrogens with one attached hydrogen (secondary N) is 1. The van der Waals surface area contributed by atoms with Crippen molar-refractivity contribution in [1.29, 1.82) is 0 Å². The molecule has 3 heteroatoms. The van der Waals surface area contributed by atoms with E-state index in [0.29, 0.717) is 6.04 Å². The van der Waals surface area contributed by atoms with Crippen LogP contribution in [0.15, 0.2) is 18.2 Å². The van der Waals surface area contributed by atoms with Gasteiger partial charge in [-0.05, 0) is 0 Å². The van der Waals surface area contributed by atoms with E-state index < -0.39 is 0 Å². The number of amides is 1. The number of carbonyl (C=O) groups excluding carboxylic acids is 1. The van der Waals surface area contributed by atoms with E-state index in [1.54, 1.807) is 6.07 Å². The summed E-state index contributed by atoms with van der Waals surface area (Å²) in [6.45, 7) is 0. The van der Waals surface area contributed by atoms with Gasteiger partial charge >= 0.3 is 98.8 Å². The Balaban J connectivity index is 2.01. The Hall–Kier alpha value is -0.752. The first-order valence-corrected chi connectivity index (χ1v) is 6.54. The summed E-state index contributed by atoms with van der Waals surface area (Å²) in [5, 5.41) is 3.07. The summed E-state index contributed by atoms with van der Waals surface area (Å²) < 4.78 is 1.14. The van der Waals surface area contributed by atoms with Gasteiger partial charge in [0.15, 0.2) is 0 Å². The molecule has 1 radical (unpaired) electrons. The summed E-state index contributed by atoms with van der Waals surface area (Å²) in [5.41, 5.74) is 0.740. The molecule has 15 heavy (non-hydrogen) atoms. The van der Waals surface area contributed by atoms with Gasteiger partial charge in [0.2, 0.25) is 0 Å². The molecule has 0 aromatic heterocycles. The third-order valence-electron chi connectivity index (χ3n) is 2.76. The second-order valence-electron chi connectivity index (χ2n) is 4.01. The molecule has 0 saturated heterocycles. The normalized spacial score (nSPS) is 16.6. The minimum atomic E-state index is 0.0534. The zero-order valence-corrected chi connectivity index (χ0v) is 11.0. The van der Waals surface area contributed by atoms with Crippen molar-refractivity contribution in [2.75, 3.05) is 0 Å². The van der Waals surface area contributed by atoms with Crippen LogP contribution in [0.2, 0.25) is 0 Å². The van der Waals surface area contributed by atoms with Crippen LogP contribution in [0.3, 0.4) is 0 Å². The second-order valence-corrected chi connectivity index (χ2v) is 5.41. The first-order valence-electron chi connectivity index (χ1n) is 5.33. The van der Waals surface area contributed by atoms with Crippen LogP contribution in [-0.2, 0) is 0 Å². The summed E-state index contributed by atoms with van der Waals surface area (Å²) in [6.07, 6.45) is 4.75. The van der Waals surface area contributed by atoms with Gasteiger partial charge in [0.25, 0.3) is 0 Å². The molecule has 0 heterocycles. The molecule has 0 aliphatic heterocycles. The molecule has 1 aliphatic carbocycles. The zero-order chi connectivity index (χ0) is 10.7. The van der Waals surface area contributed by atoms with E-state index in [1.807, 2.05) is 12.1 Å². The van der Waals surface area contributed by atoms with Crippen LogP contribution in [0.5, 0.6) is 0 Å². The fourth-order valence-corrected chi connectivity index (χ4v) is 2.54. The van der Waals surface area contributed by atoms with Crippen LogP contribution in [0, 0.1) is 6.07 Å². The quantitative estimate of drug-likeness (QED) is 0.771. The Labute approximate surface area is 98.9 Å². The fraction of sp³-hybridized carbons (Fsp3) is 0.417. The molecule has 1 fully saturated rings. The first kappa shape index (κ1) is 10.8. The molecule has 1 aliphatic rings. The van der Waals surface area contributed by atoms with Crippen molar-refractivity contribution in [3.8, 4) is 0 Å². The molecule has 1 aromatic carbocycles. The van der Waals surface area contributed by atoms with E-state index in [2.05, 4.69) is 11.4 Å². The third-order valence-corrected chi connectivity index (χ3v) is 3.46. The molecular weight excluding hydrogens is 249 g/mol. The van der Waals surface area contributed by atoms with Crippen molar-refractivity contribution in [2.24, 2.45) is 0 Å². The fourth-order valence-electron chi connectivity index (χ4n) is 1.96. The first-order chi connectivity index (χ1) is 7.25.